The first kappa shape index (κ1) is 30.0. The molecule has 208 valence electrons. The topological polar surface area (TPSA) is 102 Å². The normalized spacial score (nSPS) is 16.1. The molecule has 0 bridgehead atoms. The lowest BCUT2D eigenvalue weighted by Gasteiger charge is -2.24. The number of benzene rings is 1. The minimum Gasteiger partial charge on any atom is -0.354 e. The van der Waals surface area contributed by atoms with E-state index in [4.69, 9.17) is 56.7 Å². The van der Waals surface area contributed by atoms with E-state index in [1.807, 2.05) is 49.4 Å². The third-order valence-electron chi connectivity index (χ3n) is 6.28. The molecule has 3 aromatic rings. The van der Waals surface area contributed by atoms with Crippen molar-refractivity contribution in [2.24, 2.45) is 5.73 Å². The summed E-state index contributed by atoms with van der Waals surface area (Å²) in [6.45, 7) is 1.95. The number of alkyl halides is 3. The Morgan fingerprint density at radius 1 is 1.10 bits per heavy atom. The molecule has 1 aliphatic rings. The predicted octanol–water partition coefficient (Wildman–Crippen LogP) is 6.48. The maximum atomic E-state index is 12.9. The van der Waals surface area contributed by atoms with Gasteiger partial charge in [-0.3, -0.25) is 14.6 Å². The SMILES string of the molecule is CC1=CC(Cl)C(c2cc(-c3cc(N(CCC(=O)C(N)Cc4ccccc4)C(=O)C(Cl)Cl)ccn3)on2)=C(Cl)C=C1. The summed E-state index contributed by atoms with van der Waals surface area (Å²) < 4.78 is 5.56. The van der Waals surface area contributed by atoms with Crippen molar-refractivity contribution in [1.82, 2.24) is 10.1 Å². The Kier molecular flexibility index (Phi) is 10.2. The number of Topliss-reactive ketones (excluding diaryl/α,β-unsaturated/α-hetero) is 1. The van der Waals surface area contributed by atoms with E-state index in [0.717, 1.165) is 11.1 Å². The summed E-state index contributed by atoms with van der Waals surface area (Å²) in [5.74, 6) is -0.454. The van der Waals surface area contributed by atoms with Crippen LogP contribution in [0.4, 0.5) is 5.69 Å². The van der Waals surface area contributed by atoms with E-state index in [9.17, 15) is 9.59 Å². The van der Waals surface area contributed by atoms with Crippen LogP contribution in [-0.4, -0.2) is 44.6 Å². The Morgan fingerprint density at radius 3 is 2.58 bits per heavy atom. The third-order valence-corrected chi connectivity index (χ3v) is 7.32. The van der Waals surface area contributed by atoms with E-state index >= 15 is 0 Å². The maximum absolute atomic E-state index is 12.9. The van der Waals surface area contributed by atoms with Crippen molar-refractivity contribution in [3.8, 4) is 11.5 Å². The van der Waals surface area contributed by atoms with Crippen molar-refractivity contribution in [1.29, 1.82) is 0 Å². The molecule has 0 radical (unpaired) electrons. The molecule has 1 aliphatic carbocycles. The van der Waals surface area contributed by atoms with Gasteiger partial charge in [-0.1, -0.05) is 88.0 Å². The van der Waals surface area contributed by atoms with Crippen molar-refractivity contribution < 1.29 is 14.1 Å². The number of ketones is 1. The van der Waals surface area contributed by atoms with Crippen molar-refractivity contribution in [3.63, 3.8) is 0 Å². The number of anilines is 1. The van der Waals surface area contributed by atoms with Crippen LogP contribution in [0, 0.1) is 0 Å². The molecular weight excluding hydrogens is 594 g/mol. The fraction of sp³-hybridized carbons (Fsp3) is 0.241. The molecule has 2 unspecified atom stereocenters. The Bertz CT molecular complexity index is 1470. The quantitative estimate of drug-likeness (QED) is 0.261. The van der Waals surface area contributed by atoms with Gasteiger partial charge in [0, 0.05) is 41.5 Å². The number of nitrogens with zero attached hydrogens (tertiary/aromatic N) is 3. The smallest absolute Gasteiger partial charge is 0.260 e. The van der Waals surface area contributed by atoms with Gasteiger partial charge in [-0.15, -0.1) is 11.6 Å². The summed E-state index contributed by atoms with van der Waals surface area (Å²) in [6.07, 6.45) is 7.38. The Morgan fingerprint density at radius 2 is 1.85 bits per heavy atom. The molecule has 2 N–H and O–H groups in total. The molecule has 1 amide bonds. The lowest BCUT2D eigenvalue weighted by Crippen LogP contribution is -2.40. The summed E-state index contributed by atoms with van der Waals surface area (Å²) in [4.78, 5) is 30.1. The van der Waals surface area contributed by atoms with E-state index in [1.54, 1.807) is 24.3 Å². The van der Waals surface area contributed by atoms with E-state index in [2.05, 4.69) is 10.1 Å². The summed E-state index contributed by atoms with van der Waals surface area (Å²) in [5.41, 5.74) is 9.92. The number of amides is 1. The van der Waals surface area contributed by atoms with Gasteiger partial charge in [-0.2, -0.15) is 0 Å². The van der Waals surface area contributed by atoms with E-state index in [1.165, 1.54) is 11.1 Å². The van der Waals surface area contributed by atoms with Gasteiger partial charge in [0.1, 0.15) is 11.4 Å². The number of halogens is 4. The van der Waals surface area contributed by atoms with Crippen LogP contribution in [0.15, 0.2) is 88.1 Å². The lowest BCUT2D eigenvalue weighted by molar-refractivity contribution is -0.120. The molecule has 0 aliphatic heterocycles. The van der Waals surface area contributed by atoms with Crippen LogP contribution in [0.1, 0.15) is 24.6 Å². The summed E-state index contributed by atoms with van der Waals surface area (Å²) in [5, 5.41) is 4.08. The number of hydrogen-bond acceptors (Lipinski definition) is 6. The van der Waals surface area contributed by atoms with Gasteiger partial charge >= 0.3 is 0 Å². The molecule has 1 aromatic carbocycles. The molecule has 2 aromatic heterocycles. The van der Waals surface area contributed by atoms with Gasteiger partial charge < -0.3 is 15.2 Å². The molecule has 7 nitrogen and oxygen atoms in total. The second-order valence-electron chi connectivity index (χ2n) is 9.19. The molecule has 0 saturated carbocycles. The van der Waals surface area contributed by atoms with Crippen LogP contribution < -0.4 is 10.6 Å². The highest BCUT2D eigenvalue weighted by Crippen LogP contribution is 2.34. The summed E-state index contributed by atoms with van der Waals surface area (Å²) in [7, 11) is 0. The fourth-order valence-corrected chi connectivity index (χ4v) is 5.17. The molecule has 2 heterocycles. The largest absolute Gasteiger partial charge is 0.354 e. The Balaban J connectivity index is 1.54. The van der Waals surface area contributed by atoms with Crippen LogP contribution in [-0.2, 0) is 16.0 Å². The van der Waals surface area contributed by atoms with Gasteiger partial charge in [0.15, 0.2) is 16.4 Å². The van der Waals surface area contributed by atoms with Crippen molar-refractivity contribution in [3.05, 3.63) is 94.8 Å². The molecule has 4 rings (SSSR count). The third kappa shape index (κ3) is 7.42. The molecule has 2 atom stereocenters. The first-order valence-electron chi connectivity index (χ1n) is 12.4. The predicted molar refractivity (Wildman–Crippen MR) is 161 cm³/mol. The number of allylic oxidation sites excluding steroid dienone is 6. The number of rotatable bonds is 10. The molecular formula is C29H26Cl4N4O3. The second-order valence-corrected chi connectivity index (χ2v) is 11.2. The highest BCUT2D eigenvalue weighted by atomic mass is 35.5. The van der Waals surface area contributed by atoms with Crippen LogP contribution in [0.5, 0.6) is 0 Å². The van der Waals surface area contributed by atoms with E-state index in [0.29, 0.717) is 39.9 Å². The molecule has 0 fully saturated rings. The number of carbonyl (C=O) groups is 2. The van der Waals surface area contributed by atoms with Crippen molar-refractivity contribution in [2.45, 2.75) is 36.0 Å². The number of nitrogens with two attached hydrogens (primary N) is 1. The van der Waals surface area contributed by atoms with Gasteiger partial charge in [0.05, 0.1) is 11.4 Å². The maximum Gasteiger partial charge on any atom is 0.260 e. The molecule has 0 spiro atoms. The van der Waals surface area contributed by atoms with Gasteiger partial charge in [0.2, 0.25) is 0 Å². The van der Waals surface area contributed by atoms with E-state index < -0.39 is 22.2 Å². The first-order chi connectivity index (χ1) is 19.1. The van der Waals surface area contributed by atoms with Crippen molar-refractivity contribution >= 4 is 69.4 Å². The van der Waals surface area contributed by atoms with Gasteiger partial charge in [-0.25, -0.2) is 0 Å². The Hall–Kier alpha value is -2.94. The standard InChI is InChI=1S/C29H26Cl4N4O3/c1-17-7-8-20(30)27(21(31)13-17)24-16-26(40-36-24)23-15-19(9-11-35-23)37(29(39)28(32)33)12-10-25(38)22(34)14-18-5-3-2-4-6-18/h2-9,11,13,15-16,21-22,28H,10,12,14,34H2,1H3. The number of carbonyl (C=O) groups excluding carboxylic acids is 2. The van der Waals surface area contributed by atoms with Gasteiger partial charge in [0.25, 0.3) is 5.91 Å². The zero-order chi connectivity index (χ0) is 28.8. The Labute approximate surface area is 252 Å². The average Bonchev–Trinajstić information content (AvgIpc) is 3.37. The second kappa shape index (κ2) is 13.6. The highest BCUT2D eigenvalue weighted by Gasteiger charge is 2.26. The minimum atomic E-state index is -1.34. The van der Waals surface area contributed by atoms with Crippen LogP contribution >= 0.6 is 46.4 Å². The first-order valence-corrected chi connectivity index (χ1v) is 14.1. The molecule has 11 heteroatoms. The van der Waals surface area contributed by atoms with E-state index in [-0.39, 0.29) is 18.7 Å². The fourth-order valence-electron chi connectivity index (χ4n) is 4.18. The minimum absolute atomic E-state index is 0.00850. The van der Waals surface area contributed by atoms with Crippen LogP contribution in [0.25, 0.3) is 17.0 Å². The molecule has 0 saturated heterocycles. The number of aromatic nitrogens is 2. The highest BCUT2D eigenvalue weighted by molar-refractivity contribution is 6.54. The van der Waals surface area contributed by atoms with Gasteiger partial charge in [-0.05, 0) is 37.1 Å². The van der Waals surface area contributed by atoms with Crippen LogP contribution in [0.3, 0.4) is 0 Å². The number of pyridine rings is 1. The summed E-state index contributed by atoms with van der Waals surface area (Å²) >= 11 is 24.9. The zero-order valence-corrected chi connectivity index (χ0v) is 24.5. The summed E-state index contributed by atoms with van der Waals surface area (Å²) in [6, 6.07) is 13.7. The van der Waals surface area contributed by atoms with Crippen molar-refractivity contribution in [2.75, 3.05) is 11.4 Å². The molecule has 40 heavy (non-hydrogen) atoms. The monoisotopic (exact) mass is 618 g/mol. The zero-order valence-electron chi connectivity index (χ0n) is 21.4. The number of hydrogen-bond donors (Lipinski definition) is 1. The lowest BCUT2D eigenvalue weighted by atomic mass is 10.0. The average molecular weight is 620 g/mol. The van der Waals surface area contributed by atoms with Crippen LogP contribution in [0.2, 0.25) is 0 Å².